The molecule has 33 heavy (non-hydrogen) atoms. The molecule has 1 saturated heterocycles. The maximum atomic E-state index is 12.9. The summed E-state index contributed by atoms with van der Waals surface area (Å²) in [4.78, 5) is 19.5. The number of piperazine rings is 1. The first-order valence-electron chi connectivity index (χ1n) is 10.7. The number of sulfone groups is 1. The Labute approximate surface area is 191 Å². The van der Waals surface area contributed by atoms with E-state index in [0.717, 1.165) is 29.9 Å². The molecule has 0 atom stereocenters. The number of fused-ring (bicyclic) bond motifs is 1. The lowest BCUT2D eigenvalue weighted by molar-refractivity contribution is 0.0736. The van der Waals surface area contributed by atoms with Gasteiger partial charge in [0.1, 0.15) is 0 Å². The van der Waals surface area contributed by atoms with Gasteiger partial charge in [-0.3, -0.25) is 4.79 Å². The van der Waals surface area contributed by atoms with Gasteiger partial charge in [-0.1, -0.05) is 24.3 Å². The SMILES string of the molecule is CS(=O)(=O)c1ccc(-c2cnc3ccc(-c4cccc(C(=O)N5CCNCC5)c4)nn23)cc1. The van der Waals surface area contributed by atoms with E-state index in [1.807, 2.05) is 41.3 Å². The lowest BCUT2D eigenvalue weighted by atomic mass is 10.1. The molecule has 0 aliphatic carbocycles. The van der Waals surface area contributed by atoms with Crippen LogP contribution in [0, 0.1) is 0 Å². The van der Waals surface area contributed by atoms with Gasteiger partial charge in [-0.2, -0.15) is 5.10 Å². The Bertz CT molecular complexity index is 1440. The molecule has 1 amide bonds. The largest absolute Gasteiger partial charge is 0.336 e. The van der Waals surface area contributed by atoms with Crippen LogP contribution in [-0.4, -0.2) is 66.3 Å². The average molecular weight is 462 g/mol. The zero-order valence-electron chi connectivity index (χ0n) is 18.1. The Balaban J connectivity index is 1.50. The number of benzene rings is 2. The predicted molar refractivity (Wildman–Crippen MR) is 126 cm³/mol. The number of carbonyl (C=O) groups excluding carboxylic acids is 1. The Morgan fingerprint density at radius 1 is 0.970 bits per heavy atom. The fourth-order valence-corrected chi connectivity index (χ4v) is 4.59. The van der Waals surface area contributed by atoms with Crippen LogP contribution < -0.4 is 5.32 Å². The van der Waals surface area contributed by atoms with E-state index in [9.17, 15) is 13.2 Å². The van der Waals surface area contributed by atoms with Gasteiger partial charge in [0.2, 0.25) is 0 Å². The smallest absolute Gasteiger partial charge is 0.253 e. The van der Waals surface area contributed by atoms with Crippen LogP contribution in [0.4, 0.5) is 0 Å². The summed E-state index contributed by atoms with van der Waals surface area (Å²) in [5, 5.41) is 8.03. The molecule has 1 fully saturated rings. The third-order valence-corrected chi connectivity index (χ3v) is 6.88. The number of aromatic nitrogens is 3. The highest BCUT2D eigenvalue weighted by molar-refractivity contribution is 7.90. The molecule has 2 aromatic carbocycles. The van der Waals surface area contributed by atoms with E-state index in [1.165, 1.54) is 6.26 Å². The Morgan fingerprint density at radius 2 is 1.73 bits per heavy atom. The van der Waals surface area contributed by atoms with Crippen molar-refractivity contribution in [3.8, 4) is 22.5 Å². The zero-order chi connectivity index (χ0) is 23.0. The molecule has 1 aliphatic rings. The fourth-order valence-electron chi connectivity index (χ4n) is 3.96. The van der Waals surface area contributed by atoms with Gasteiger partial charge in [0, 0.05) is 49.1 Å². The third-order valence-electron chi connectivity index (χ3n) is 5.75. The maximum Gasteiger partial charge on any atom is 0.253 e. The second-order valence-corrected chi connectivity index (χ2v) is 10.1. The topological polar surface area (TPSA) is 96.7 Å². The summed E-state index contributed by atoms with van der Waals surface area (Å²) in [5.74, 6) is 0.0220. The Morgan fingerprint density at radius 3 is 2.45 bits per heavy atom. The summed E-state index contributed by atoms with van der Waals surface area (Å²) in [6.07, 6.45) is 2.90. The van der Waals surface area contributed by atoms with Crippen LogP contribution in [-0.2, 0) is 9.84 Å². The molecule has 168 valence electrons. The zero-order valence-corrected chi connectivity index (χ0v) is 18.9. The molecule has 8 nitrogen and oxygen atoms in total. The van der Waals surface area contributed by atoms with Crippen LogP contribution in [0.1, 0.15) is 10.4 Å². The lowest BCUT2D eigenvalue weighted by Crippen LogP contribution is -2.46. The van der Waals surface area contributed by atoms with E-state index in [0.29, 0.717) is 30.0 Å². The Hall–Kier alpha value is -3.56. The first-order valence-corrected chi connectivity index (χ1v) is 12.5. The van der Waals surface area contributed by atoms with Gasteiger partial charge in [0.05, 0.1) is 22.5 Å². The molecular weight excluding hydrogens is 438 g/mol. The van der Waals surface area contributed by atoms with Gasteiger partial charge in [0.15, 0.2) is 15.5 Å². The normalized spacial score (nSPS) is 14.5. The van der Waals surface area contributed by atoms with Crippen molar-refractivity contribution in [2.24, 2.45) is 0 Å². The summed E-state index contributed by atoms with van der Waals surface area (Å²) in [6, 6.07) is 17.9. The van der Waals surface area contributed by atoms with E-state index in [1.54, 1.807) is 35.0 Å². The van der Waals surface area contributed by atoms with Crippen molar-refractivity contribution in [3.63, 3.8) is 0 Å². The van der Waals surface area contributed by atoms with Crippen LogP contribution in [0.5, 0.6) is 0 Å². The van der Waals surface area contributed by atoms with Crippen LogP contribution in [0.15, 0.2) is 71.8 Å². The van der Waals surface area contributed by atoms with E-state index in [4.69, 9.17) is 5.10 Å². The number of hydrogen-bond acceptors (Lipinski definition) is 6. The first kappa shape index (κ1) is 21.3. The van der Waals surface area contributed by atoms with Crippen molar-refractivity contribution in [1.82, 2.24) is 24.8 Å². The molecular formula is C24H23N5O3S. The van der Waals surface area contributed by atoms with Crippen molar-refractivity contribution in [2.75, 3.05) is 32.4 Å². The molecule has 3 heterocycles. The summed E-state index contributed by atoms with van der Waals surface area (Å²) in [7, 11) is -3.27. The molecule has 2 aromatic heterocycles. The molecule has 9 heteroatoms. The third kappa shape index (κ3) is 4.24. The average Bonchev–Trinajstić information content (AvgIpc) is 3.27. The summed E-state index contributed by atoms with van der Waals surface area (Å²) < 4.78 is 25.3. The quantitative estimate of drug-likeness (QED) is 0.502. The van der Waals surface area contributed by atoms with Crippen LogP contribution in [0.3, 0.4) is 0 Å². The van der Waals surface area contributed by atoms with Gasteiger partial charge in [-0.15, -0.1) is 0 Å². The van der Waals surface area contributed by atoms with Crippen LogP contribution in [0.25, 0.3) is 28.2 Å². The number of amides is 1. The predicted octanol–water partition coefficient (Wildman–Crippen LogP) is 2.51. The van der Waals surface area contributed by atoms with E-state index >= 15 is 0 Å². The van der Waals surface area contributed by atoms with Crippen molar-refractivity contribution >= 4 is 21.4 Å². The number of imidazole rings is 1. The number of rotatable bonds is 4. The number of nitrogens with zero attached hydrogens (tertiary/aromatic N) is 4. The second kappa shape index (κ2) is 8.42. The molecule has 0 radical (unpaired) electrons. The molecule has 0 bridgehead atoms. The molecule has 0 spiro atoms. The monoisotopic (exact) mass is 461 g/mol. The first-order chi connectivity index (χ1) is 15.9. The van der Waals surface area contributed by atoms with Crippen LogP contribution >= 0.6 is 0 Å². The highest BCUT2D eigenvalue weighted by Crippen LogP contribution is 2.25. The van der Waals surface area contributed by atoms with Crippen LogP contribution in [0.2, 0.25) is 0 Å². The molecule has 1 aliphatic heterocycles. The van der Waals surface area contributed by atoms with Crippen molar-refractivity contribution in [1.29, 1.82) is 0 Å². The number of carbonyl (C=O) groups is 1. The van der Waals surface area contributed by atoms with E-state index in [-0.39, 0.29) is 10.8 Å². The Kier molecular flexibility index (Phi) is 5.43. The standard InChI is InChI=1S/C24H23N5O3S/c1-33(31,32)20-7-5-17(6-8-20)22-16-26-23-10-9-21(27-29(22)23)18-3-2-4-19(15-18)24(30)28-13-11-25-12-14-28/h2-10,15-16,25H,11-14H2,1H3. The maximum absolute atomic E-state index is 12.9. The van der Waals surface area contributed by atoms with Gasteiger partial charge in [-0.25, -0.2) is 17.9 Å². The minimum Gasteiger partial charge on any atom is -0.336 e. The van der Waals surface area contributed by atoms with Crippen molar-refractivity contribution in [3.05, 3.63) is 72.4 Å². The molecule has 5 rings (SSSR count). The summed E-state index contributed by atoms with van der Waals surface area (Å²) in [6.45, 7) is 3.00. The van der Waals surface area contributed by atoms with E-state index in [2.05, 4.69) is 10.3 Å². The minimum absolute atomic E-state index is 0.0220. The lowest BCUT2D eigenvalue weighted by Gasteiger charge is -2.27. The second-order valence-electron chi connectivity index (χ2n) is 8.05. The van der Waals surface area contributed by atoms with Gasteiger partial charge in [0.25, 0.3) is 5.91 Å². The van der Waals surface area contributed by atoms with Crippen molar-refractivity contribution < 1.29 is 13.2 Å². The minimum atomic E-state index is -3.27. The molecule has 0 unspecified atom stereocenters. The number of nitrogens with one attached hydrogen (secondary N) is 1. The highest BCUT2D eigenvalue weighted by atomic mass is 32.2. The van der Waals surface area contributed by atoms with Gasteiger partial charge in [-0.05, 0) is 36.4 Å². The molecule has 4 aromatic rings. The van der Waals surface area contributed by atoms with Crippen molar-refractivity contribution in [2.45, 2.75) is 4.90 Å². The summed E-state index contributed by atoms with van der Waals surface area (Å²) in [5.41, 5.74) is 4.42. The molecule has 0 saturated carbocycles. The number of hydrogen-bond donors (Lipinski definition) is 1. The highest BCUT2D eigenvalue weighted by Gasteiger charge is 2.18. The van der Waals surface area contributed by atoms with Gasteiger partial charge >= 0.3 is 0 Å². The molecule has 1 N–H and O–H groups in total. The summed E-state index contributed by atoms with van der Waals surface area (Å²) >= 11 is 0. The van der Waals surface area contributed by atoms with E-state index < -0.39 is 9.84 Å². The van der Waals surface area contributed by atoms with Gasteiger partial charge < -0.3 is 10.2 Å². The fraction of sp³-hybridized carbons (Fsp3) is 0.208.